The van der Waals surface area contributed by atoms with Crippen LogP contribution in [0.4, 0.5) is 0 Å². The van der Waals surface area contributed by atoms with Gasteiger partial charge in [0.1, 0.15) is 36.2 Å². The normalized spacial score (nSPS) is 11.4. The molecule has 4 heteroatoms. The summed E-state index contributed by atoms with van der Waals surface area (Å²) in [6.45, 7) is 0.658. The van der Waals surface area contributed by atoms with Gasteiger partial charge in [-0.3, -0.25) is 0 Å². The first-order valence-corrected chi connectivity index (χ1v) is 17.4. The SMILES string of the molecule is Oc1ccc2ccccc2c1-c1c(OCc2cccc(COc3ccc4ccccc4c3-c3c(O)ccc4ccccc34)c2)ccc2ccccc12. The molecule has 52 heavy (non-hydrogen) atoms. The Morgan fingerprint density at radius 1 is 0.327 bits per heavy atom. The number of fused-ring (bicyclic) bond motifs is 4. The molecule has 0 unspecified atom stereocenters. The van der Waals surface area contributed by atoms with Gasteiger partial charge in [0.2, 0.25) is 0 Å². The Kier molecular flexibility index (Phi) is 7.90. The molecule has 0 aliphatic rings. The van der Waals surface area contributed by atoms with Crippen molar-refractivity contribution in [2.75, 3.05) is 0 Å². The largest absolute Gasteiger partial charge is 0.507 e. The van der Waals surface area contributed by atoms with E-state index in [0.717, 1.165) is 76.5 Å². The summed E-state index contributed by atoms with van der Waals surface area (Å²) in [6.07, 6.45) is 0. The van der Waals surface area contributed by atoms with Crippen LogP contribution in [0.15, 0.2) is 170 Å². The fourth-order valence-electron chi connectivity index (χ4n) is 7.44. The Bertz CT molecular complexity index is 2600. The van der Waals surface area contributed by atoms with E-state index >= 15 is 0 Å². The molecule has 0 aromatic heterocycles. The highest BCUT2D eigenvalue weighted by atomic mass is 16.5. The van der Waals surface area contributed by atoms with Crippen molar-refractivity contribution in [1.82, 2.24) is 0 Å². The quantitative estimate of drug-likeness (QED) is 0.168. The summed E-state index contributed by atoms with van der Waals surface area (Å²) >= 11 is 0. The summed E-state index contributed by atoms with van der Waals surface area (Å²) in [6, 6.07) is 56.4. The second-order valence-corrected chi connectivity index (χ2v) is 13.1. The summed E-state index contributed by atoms with van der Waals surface area (Å²) < 4.78 is 13.2. The fraction of sp³-hybridized carbons (Fsp3) is 0.0417. The second-order valence-electron chi connectivity index (χ2n) is 13.1. The van der Waals surface area contributed by atoms with E-state index in [2.05, 4.69) is 66.7 Å². The van der Waals surface area contributed by atoms with Crippen molar-refractivity contribution >= 4 is 43.1 Å². The standard InChI is InChI=1S/C48H34O4/c49-41-24-20-33-12-1-5-16-37(33)45(41)47-39-18-7-3-14-35(39)22-26-43(47)51-29-31-10-9-11-32(28-31)30-52-44-27-23-36-15-4-8-19-40(36)48(44)46-38-17-6-2-13-34(38)21-25-42(46)50/h1-28,49-50H,29-30H2. The van der Waals surface area contributed by atoms with Gasteiger partial charge in [-0.25, -0.2) is 0 Å². The molecule has 0 amide bonds. The molecule has 0 aliphatic heterocycles. The maximum atomic E-state index is 11.3. The zero-order valence-electron chi connectivity index (χ0n) is 28.3. The molecule has 4 nitrogen and oxygen atoms in total. The number of phenolic OH excluding ortho intramolecular Hbond substituents is 2. The molecule has 0 saturated heterocycles. The Labute approximate surface area is 301 Å². The molecule has 2 N–H and O–H groups in total. The van der Waals surface area contributed by atoms with Crippen LogP contribution >= 0.6 is 0 Å². The molecular weight excluding hydrogens is 641 g/mol. The predicted molar refractivity (Wildman–Crippen MR) is 212 cm³/mol. The van der Waals surface area contributed by atoms with Gasteiger partial charge in [-0.2, -0.15) is 0 Å². The van der Waals surface area contributed by atoms with Gasteiger partial charge >= 0.3 is 0 Å². The van der Waals surface area contributed by atoms with E-state index in [0.29, 0.717) is 24.7 Å². The zero-order valence-corrected chi connectivity index (χ0v) is 28.3. The summed E-state index contributed by atoms with van der Waals surface area (Å²) in [4.78, 5) is 0. The maximum Gasteiger partial charge on any atom is 0.128 e. The van der Waals surface area contributed by atoms with Crippen LogP contribution < -0.4 is 9.47 Å². The third-order valence-corrected chi connectivity index (χ3v) is 9.88. The van der Waals surface area contributed by atoms with Crippen LogP contribution in [0.2, 0.25) is 0 Å². The van der Waals surface area contributed by atoms with Gasteiger partial charge in [0.05, 0.1) is 0 Å². The molecule has 250 valence electrons. The number of benzene rings is 9. The van der Waals surface area contributed by atoms with Crippen molar-refractivity contribution in [3.05, 3.63) is 181 Å². The first kappa shape index (κ1) is 31.2. The number of aromatic hydroxyl groups is 2. The van der Waals surface area contributed by atoms with E-state index in [1.165, 1.54) is 0 Å². The number of ether oxygens (including phenoxy) is 2. The Balaban J connectivity index is 1.04. The van der Waals surface area contributed by atoms with Crippen molar-refractivity contribution < 1.29 is 19.7 Å². The van der Waals surface area contributed by atoms with Crippen LogP contribution in [-0.4, -0.2) is 10.2 Å². The molecule has 0 fully saturated rings. The minimum Gasteiger partial charge on any atom is -0.507 e. The van der Waals surface area contributed by atoms with E-state index in [1.807, 2.05) is 91.0 Å². The summed E-state index contributed by atoms with van der Waals surface area (Å²) in [5.41, 5.74) is 5.24. The molecule has 0 saturated carbocycles. The Hall–Kier alpha value is -6.78. The van der Waals surface area contributed by atoms with Crippen LogP contribution in [0, 0.1) is 0 Å². The number of hydrogen-bond acceptors (Lipinski definition) is 4. The number of rotatable bonds is 8. The lowest BCUT2D eigenvalue weighted by atomic mass is 9.92. The third kappa shape index (κ3) is 5.61. The summed E-state index contributed by atoms with van der Waals surface area (Å²) in [5.74, 6) is 1.82. The lowest BCUT2D eigenvalue weighted by molar-refractivity contribution is 0.301. The van der Waals surface area contributed by atoms with Crippen LogP contribution in [0.1, 0.15) is 11.1 Å². The summed E-state index contributed by atoms with van der Waals surface area (Å²) in [7, 11) is 0. The highest BCUT2D eigenvalue weighted by molar-refractivity contribution is 6.11. The lowest BCUT2D eigenvalue weighted by Gasteiger charge is -2.18. The van der Waals surface area contributed by atoms with Gasteiger partial charge < -0.3 is 19.7 Å². The lowest BCUT2D eigenvalue weighted by Crippen LogP contribution is -2.01. The van der Waals surface area contributed by atoms with E-state index in [4.69, 9.17) is 9.47 Å². The van der Waals surface area contributed by atoms with E-state index < -0.39 is 0 Å². The van der Waals surface area contributed by atoms with Crippen molar-refractivity contribution in [3.8, 4) is 45.3 Å². The second kappa shape index (κ2) is 13.2. The van der Waals surface area contributed by atoms with Crippen molar-refractivity contribution in [2.45, 2.75) is 13.2 Å². The van der Waals surface area contributed by atoms with Gasteiger partial charge in [-0.1, -0.05) is 140 Å². The molecular formula is C48H34O4. The third-order valence-electron chi connectivity index (χ3n) is 9.88. The highest BCUT2D eigenvalue weighted by Gasteiger charge is 2.20. The van der Waals surface area contributed by atoms with Crippen LogP contribution in [0.25, 0.3) is 65.3 Å². The summed E-state index contributed by atoms with van der Waals surface area (Å²) in [5, 5.41) is 30.7. The van der Waals surface area contributed by atoms with Gasteiger partial charge in [0, 0.05) is 22.3 Å². The molecule has 0 heterocycles. The molecule has 0 spiro atoms. The van der Waals surface area contributed by atoms with Crippen molar-refractivity contribution in [2.24, 2.45) is 0 Å². The van der Waals surface area contributed by atoms with Crippen molar-refractivity contribution in [3.63, 3.8) is 0 Å². The molecule has 9 rings (SSSR count). The number of hydrogen-bond donors (Lipinski definition) is 2. The van der Waals surface area contributed by atoms with Gasteiger partial charge in [-0.05, 0) is 84.5 Å². The molecule has 9 aromatic carbocycles. The molecule has 9 aromatic rings. The van der Waals surface area contributed by atoms with Gasteiger partial charge in [0.15, 0.2) is 0 Å². The molecule has 0 atom stereocenters. The first-order valence-electron chi connectivity index (χ1n) is 17.4. The molecule has 0 aliphatic carbocycles. The average molecular weight is 675 g/mol. The van der Waals surface area contributed by atoms with Crippen LogP contribution in [0.3, 0.4) is 0 Å². The van der Waals surface area contributed by atoms with Crippen LogP contribution in [0.5, 0.6) is 23.0 Å². The van der Waals surface area contributed by atoms with E-state index in [1.54, 1.807) is 12.1 Å². The highest BCUT2D eigenvalue weighted by Crippen LogP contribution is 2.46. The Morgan fingerprint density at radius 3 is 1.08 bits per heavy atom. The van der Waals surface area contributed by atoms with Gasteiger partial charge in [0.25, 0.3) is 0 Å². The Morgan fingerprint density at radius 2 is 0.673 bits per heavy atom. The minimum atomic E-state index is 0.212. The topological polar surface area (TPSA) is 58.9 Å². The monoisotopic (exact) mass is 674 g/mol. The average Bonchev–Trinajstić information content (AvgIpc) is 3.19. The van der Waals surface area contributed by atoms with Gasteiger partial charge in [-0.15, -0.1) is 0 Å². The van der Waals surface area contributed by atoms with Crippen LogP contribution in [-0.2, 0) is 13.2 Å². The number of phenols is 2. The molecule has 0 bridgehead atoms. The first-order chi connectivity index (χ1) is 25.6. The predicted octanol–water partition coefficient (Wildman–Crippen LogP) is 12.2. The minimum absolute atomic E-state index is 0.212. The fourth-order valence-corrected chi connectivity index (χ4v) is 7.44. The smallest absolute Gasteiger partial charge is 0.128 e. The van der Waals surface area contributed by atoms with Crippen molar-refractivity contribution in [1.29, 1.82) is 0 Å². The maximum absolute atomic E-state index is 11.3. The van der Waals surface area contributed by atoms with E-state index in [9.17, 15) is 10.2 Å². The zero-order chi connectivity index (χ0) is 35.0. The van der Waals surface area contributed by atoms with E-state index in [-0.39, 0.29) is 11.5 Å². The molecule has 0 radical (unpaired) electrons.